The molecule has 10 heteroatoms. The second-order valence-electron chi connectivity index (χ2n) is 6.31. The largest absolute Gasteiger partial charge is 0.481 e. The molecule has 0 radical (unpaired) electrons. The summed E-state index contributed by atoms with van der Waals surface area (Å²) in [6.07, 6.45) is 0.808. The van der Waals surface area contributed by atoms with Gasteiger partial charge in [-0.1, -0.05) is 12.1 Å². The molecule has 9 nitrogen and oxygen atoms in total. The lowest BCUT2D eigenvalue weighted by Gasteiger charge is -2.12. The quantitative estimate of drug-likeness (QED) is 0.440. The van der Waals surface area contributed by atoms with Crippen LogP contribution in [0.15, 0.2) is 36.7 Å². The lowest BCUT2D eigenvalue weighted by Crippen LogP contribution is -2.42. The van der Waals surface area contributed by atoms with E-state index in [4.69, 9.17) is 10.2 Å². The Hall–Kier alpha value is -3.53. The third-order valence-corrected chi connectivity index (χ3v) is 5.07. The number of aromatic nitrogens is 2. The zero-order valence-electron chi connectivity index (χ0n) is 15.4. The molecule has 0 fully saturated rings. The van der Waals surface area contributed by atoms with E-state index in [1.165, 1.54) is 6.33 Å². The molecular weight excluding hydrogens is 396 g/mol. The van der Waals surface area contributed by atoms with Crippen LogP contribution in [0.25, 0.3) is 10.2 Å². The van der Waals surface area contributed by atoms with Crippen molar-refractivity contribution in [3.8, 4) is 0 Å². The fourth-order valence-electron chi connectivity index (χ4n) is 2.69. The average Bonchev–Trinajstić information content (AvgIpc) is 3.06. The van der Waals surface area contributed by atoms with Gasteiger partial charge < -0.3 is 20.8 Å². The molecule has 150 valence electrons. The van der Waals surface area contributed by atoms with E-state index in [1.807, 2.05) is 13.0 Å². The number of anilines is 1. The van der Waals surface area contributed by atoms with Gasteiger partial charge in [0.15, 0.2) is 0 Å². The highest BCUT2D eigenvalue weighted by Gasteiger charge is 2.23. The summed E-state index contributed by atoms with van der Waals surface area (Å²) in [7, 11) is 0. The number of aryl methyl sites for hydroxylation is 1. The molecule has 29 heavy (non-hydrogen) atoms. The Kier molecular flexibility index (Phi) is 6.03. The summed E-state index contributed by atoms with van der Waals surface area (Å²) in [4.78, 5) is 44.5. The molecule has 1 aromatic carbocycles. The molecule has 0 aliphatic carbocycles. The number of carbonyl (C=O) groups excluding carboxylic acids is 1. The van der Waals surface area contributed by atoms with Crippen LogP contribution in [-0.4, -0.2) is 44.1 Å². The molecule has 3 rings (SSSR count). The number of rotatable bonds is 8. The number of nitrogens with zero attached hydrogens (tertiary/aromatic N) is 2. The van der Waals surface area contributed by atoms with Crippen molar-refractivity contribution in [2.75, 3.05) is 5.32 Å². The van der Waals surface area contributed by atoms with Crippen LogP contribution in [0.5, 0.6) is 0 Å². The van der Waals surface area contributed by atoms with Gasteiger partial charge in [-0.05, 0) is 30.7 Å². The van der Waals surface area contributed by atoms with Gasteiger partial charge >= 0.3 is 11.9 Å². The number of carboxylic acids is 2. The Bertz CT molecular complexity index is 1060. The topological polar surface area (TPSA) is 142 Å². The van der Waals surface area contributed by atoms with Crippen molar-refractivity contribution in [2.45, 2.75) is 25.9 Å². The molecular formula is C19H18N4O5S. The molecule has 1 atom stereocenters. The maximum atomic E-state index is 12.2. The van der Waals surface area contributed by atoms with Gasteiger partial charge in [0.2, 0.25) is 0 Å². The molecule has 4 N–H and O–H groups in total. The van der Waals surface area contributed by atoms with Gasteiger partial charge in [-0.2, -0.15) is 0 Å². The van der Waals surface area contributed by atoms with Crippen molar-refractivity contribution >= 4 is 45.2 Å². The summed E-state index contributed by atoms with van der Waals surface area (Å²) in [5, 5.41) is 24.2. The van der Waals surface area contributed by atoms with E-state index in [1.54, 1.807) is 35.6 Å². The van der Waals surface area contributed by atoms with E-state index >= 15 is 0 Å². The Labute approximate surface area is 169 Å². The Morgan fingerprint density at radius 2 is 1.86 bits per heavy atom. The number of hydrogen-bond donors (Lipinski definition) is 4. The van der Waals surface area contributed by atoms with Crippen molar-refractivity contribution in [1.29, 1.82) is 0 Å². The summed E-state index contributed by atoms with van der Waals surface area (Å²) in [6, 6.07) is 7.09. The van der Waals surface area contributed by atoms with Gasteiger partial charge in [0.1, 0.15) is 23.0 Å². The second-order valence-corrected chi connectivity index (χ2v) is 7.55. The molecule has 2 aromatic heterocycles. The smallest absolute Gasteiger partial charge is 0.326 e. The lowest BCUT2D eigenvalue weighted by molar-refractivity contribution is -0.145. The zero-order chi connectivity index (χ0) is 21.0. The first-order chi connectivity index (χ1) is 13.8. The van der Waals surface area contributed by atoms with Crippen LogP contribution in [-0.2, 0) is 16.1 Å². The molecule has 0 saturated carbocycles. The predicted molar refractivity (Wildman–Crippen MR) is 107 cm³/mol. The van der Waals surface area contributed by atoms with Gasteiger partial charge in [-0.25, -0.2) is 14.8 Å². The highest BCUT2D eigenvalue weighted by molar-refractivity contribution is 7.18. The molecule has 0 saturated heterocycles. The van der Waals surface area contributed by atoms with Crippen LogP contribution in [0.1, 0.15) is 27.2 Å². The number of benzene rings is 1. The Morgan fingerprint density at radius 3 is 2.52 bits per heavy atom. The van der Waals surface area contributed by atoms with E-state index < -0.39 is 30.3 Å². The fraction of sp³-hybridized carbons (Fsp3) is 0.211. The minimum atomic E-state index is -1.49. The van der Waals surface area contributed by atoms with Crippen molar-refractivity contribution in [3.05, 3.63) is 52.7 Å². The summed E-state index contributed by atoms with van der Waals surface area (Å²) >= 11 is 1.59. The summed E-state index contributed by atoms with van der Waals surface area (Å²) in [6.45, 7) is 2.48. The van der Waals surface area contributed by atoms with Gasteiger partial charge in [0.05, 0.1) is 11.8 Å². The number of carbonyl (C=O) groups is 3. The third-order valence-electron chi connectivity index (χ3n) is 4.11. The van der Waals surface area contributed by atoms with Crippen molar-refractivity contribution < 1.29 is 24.6 Å². The van der Waals surface area contributed by atoms with Gasteiger partial charge in [0.25, 0.3) is 5.91 Å². The van der Waals surface area contributed by atoms with Crippen molar-refractivity contribution in [2.24, 2.45) is 0 Å². The molecule has 0 bridgehead atoms. The van der Waals surface area contributed by atoms with E-state index in [0.29, 0.717) is 6.54 Å². The molecule has 0 aliphatic rings. The zero-order valence-corrected chi connectivity index (χ0v) is 16.2. The van der Waals surface area contributed by atoms with E-state index in [2.05, 4.69) is 20.6 Å². The van der Waals surface area contributed by atoms with E-state index in [0.717, 1.165) is 26.5 Å². The predicted octanol–water partition coefficient (Wildman–Crippen LogP) is 2.27. The maximum absolute atomic E-state index is 12.2. The number of amides is 1. The average molecular weight is 414 g/mol. The summed E-state index contributed by atoms with van der Waals surface area (Å²) in [5.74, 6) is -2.64. The highest BCUT2D eigenvalue weighted by atomic mass is 32.1. The van der Waals surface area contributed by atoms with E-state index in [9.17, 15) is 14.4 Å². The first-order valence-electron chi connectivity index (χ1n) is 8.63. The molecule has 0 aliphatic heterocycles. The molecule has 1 amide bonds. The third kappa shape index (κ3) is 5.05. The first kappa shape index (κ1) is 20.2. The number of thiophene rings is 1. The number of nitrogens with one attached hydrogen (secondary N) is 2. The molecule has 3 aromatic rings. The minimum Gasteiger partial charge on any atom is -0.481 e. The lowest BCUT2D eigenvalue weighted by atomic mass is 10.1. The Morgan fingerprint density at radius 1 is 1.14 bits per heavy atom. The van der Waals surface area contributed by atoms with Gasteiger partial charge in [-0.15, -0.1) is 11.3 Å². The Balaban J connectivity index is 1.64. The monoisotopic (exact) mass is 414 g/mol. The minimum absolute atomic E-state index is 0.239. The van der Waals surface area contributed by atoms with Crippen LogP contribution >= 0.6 is 11.3 Å². The van der Waals surface area contributed by atoms with Crippen LogP contribution < -0.4 is 10.6 Å². The number of carboxylic acid groups (broad SMARTS) is 2. The number of hydrogen-bond acceptors (Lipinski definition) is 7. The van der Waals surface area contributed by atoms with Crippen LogP contribution in [0.3, 0.4) is 0 Å². The number of fused-ring (bicyclic) bond motifs is 1. The second kappa shape index (κ2) is 8.65. The van der Waals surface area contributed by atoms with Crippen LogP contribution in [0.2, 0.25) is 0 Å². The van der Waals surface area contributed by atoms with Crippen molar-refractivity contribution in [1.82, 2.24) is 15.3 Å². The first-order valence-corrected chi connectivity index (χ1v) is 9.44. The van der Waals surface area contributed by atoms with Gasteiger partial charge in [-0.3, -0.25) is 9.59 Å². The van der Waals surface area contributed by atoms with Crippen LogP contribution in [0, 0.1) is 6.92 Å². The molecule has 1 unspecified atom stereocenters. The summed E-state index contributed by atoms with van der Waals surface area (Å²) < 4.78 is 0. The van der Waals surface area contributed by atoms with E-state index in [-0.39, 0.29) is 5.56 Å². The maximum Gasteiger partial charge on any atom is 0.326 e. The highest BCUT2D eigenvalue weighted by Crippen LogP contribution is 2.27. The number of aliphatic carboxylic acids is 2. The summed E-state index contributed by atoms with van der Waals surface area (Å²) in [5.41, 5.74) is 1.13. The normalized spacial score (nSPS) is 11.8. The van der Waals surface area contributed by atoms with Crippen molar-refractivity contribution in [3.63, 3.8) is 0 Å². The molecule has 2 heterocycles. The van der Waals surface area contributed by atoms with Gasteiger partial charge in [0, 0.05) is 17.0 Å². The fourth-order valence-corrected chi connectivity index (χ4v) is 3.54. The standard InChI is InChI=1S/C19H18N4O5S/c1-10-6-13-16(21-9-22-18(13)29-10)20-8-11-2-4-12(5-3-11)17(26)23-14(19(27)28)7-15(24)25/h2-6,9,14H,7-8H2,1H3,(H,23,26)(H,24,25)(H,27,28)(H,20,21,22). The molecule has 0 spiro atoms. The van der Waals surface area contributed by atoms with Crippen LogP contribution in [0.4, 0.5) is 5.82 Å². The SMILES string of the molecule is Cc1cc2c(NCc3ccc(C(=O)NC(CC(=O)O)C(=O)O)cc3)ncnc2s1.